The second-order valence-corrected chi connectivity index (χ2v) is 5.21. The zero-order valence-corrected chi connectivity index (χ0v) is 11.5. The smallest absolute Gasteiger partial charge is 0.120 e. The fourth-order valence-electron chi connectivity index (χ4n) is 2.72. The molecule has 0 aliphatic carbocycles. The zero-order chi connectivity index (χ0) is 13.8. The minimum absolute atomic E-state index is 0.355. The number of hydrogen-bond acceptors (Lipinski definition) is 3. The van der Waals surface area contributed by atoms with Gasteiger partial charge in [0, 0.05) is 30.9 Å². The number of benzene rings is 2. The summed E-state index contributed by atoms with van der Waals surface area (Å²) in [7, 11) is 0. The standard InChI is InChI=1S/C17H20N2O/c20-16-9-2-1-5-14(16)11-18-12-15-7-3-6-13-8-4-10-19-17(13)15/h1-3,5-7,9,18-20H,4,8,10-12H2. The number of hydrogen-bond donors (Lipinski definition) is 3. The molecule has 3 nitrogen and oxygen atoms in total. The summed E-state index contributed by atoms with van der Waals surface area (Å²) in [5, 5.41) is 16.7. The van der Waals surface area contributed by atoms with Gasteiger partial charge in [-0.1, -0.05) is 36.4 Å². The van der Waals surface area contributed by atoms with Gasteiger partial charge in [0.25, 0.3) is 0 Å². The van der Waals surface area contributed by atoms with E-state index in [2.05, 4.69) is 28.8 Å². The van der Waals surface area contributed by atoms with Gasteiger partial charge < -0.3 is 15.7 Å². The van der Waals surface area contributed by atoms with Crippen molar-refractivity contribution in [3.63, 3.8) is 0 Å². The molecule has 0 atom stereocenters. The van der Waals surface area contributed by atoms with Crippen LogP contribution in [0.5, 0.6) is 5.75 Å². The van der Waals surface area contributed by atoms with Crippen LogP contribution in [0.3, 0.4) is 0 Å². The molecule has 0 spiro atoms. The molecule has 3 heteroatoms. The molecule has 0 saturated carbocycles. The van der Waals surface area contributed by atoms with Crippen LogP contribution >= 0.6 is 0 Å². The van der Waals surface area contributed by atoms with Gasteiger partial charge in [-0.05, 0) is 30.0 Å². The molecule has 0 fully saturated rings. The average Bonchev–Trinajstić information content (AvgIpc) is 2.49. The monoisotopic (exact) mass is 268 g/mol. The Morgan fingerprint density at radius 3 is 2.70 bits per heavy atom. The van der Waals surface area contributed by atoms with Crippen molar-refractivity contribution in [2.45, 2.75) is 25.9 Å². The Bertz CT molecular complexity index is 595. The van der Waals surface area contributed by atoms with E-state index >= 15 is 0 Å². The lowest BCUT2D eigenvalue weighted by atomic mass is 9.99. The maximum absolute atomic E-state index is 9.75. The van der Waals surface area contributed by atoms with E-state index in [4.69, 9.17) is 0 Å². The number of fused-ring (bicyclic) bond motifs is 1. The second-order valence-electron chi connectivity index (χ2n) is 5.21. The summed E-state index contributed by atoms with van der Waals surface area (Å²) in [5.41, 5.74) is 4.95. The van der Waals surface area contributed by atoms with E-state index in [1.54, 1.807) is 6.07 Å². The molecule has 0 amide bonds. The van der Waals surface area contributed by atoms with Crippen molar-refractivity contribution >= 4 is 5.69 Å². The number of phenols is 1. The Hall–Kier alpha value is -2.00. The summed E-state index contributed by atoms with van der Waals surface area (Å²) in [6.07, 6.45) is 2.37. The van der Waals surface area contributed by atoms with Crippen molar-refractivity contribution in [3.05, 3.63) is 59.2 Å². The molecule has 0 radical (unpaired) electrons. The first-order valence-electron chi connectivity index (χ1n) is 7.17. The zero-order valence-electron chi connectivity index (χ0n) is 11.5. The predicted octanol–water partition coefficient (Wildman–Crippen LogP) is 3.04. The first kappa shape index (κ1) is 13.0. The van der Waals surface area contributed by atoms with Gasteiger partial charge in [-0.15, -0.1) is 0 Å². The summed E-state index contributed by atoms with van der Waals surface area (Å²) in [6.45, 7) is 2.55. The van der Waals surface area contributed by atoms with Gasteiger partial charge in [-0.25, -0.2) is 0 Å². The van der Waals surface area contributed by atoms with Gasteiger partial charge in [0.2, 0.25) is 0 Å². The Morgan fingerprint density at radius 2 is 1.80 bits per heavy atom. The van der Waals surface area contributed by atoms with E-state index in [-0.39, 0.29) is 0 Å². The SMILES string of the molecule is Oc1ccccc1CNCc1cccc2c1NCCC2. The van der Waals surface area contributed by atoms with Gasteiger partial charge in [-0.2, -0.15) is 0 Å². The molecule has 3 rings (SSSR count). The number of anilines is 1. The van der Waals surface area contributed by atoms with Gasteiger partial charge >= 0.3 is 0 Å². The summed E-state index contributed by atoms with van der Waals surface area (Å²) in [5.74, 6) is 0.355. The molecule has 3 N–H and O–H groups in total. The molecule has 0 saturated heterocycles. The van der Waals surface area contributed by atoms with E-state index in [9.17, 15) is 5.11 Å². The molecule has 0 unspecified atom stereocenters. The number of phenolic OH excluding ortho intramolecular Hbond substituents is 1. The minimum Gasteiger partial charge on any atom is -0.508 e. The van der Waals surface area contributed by atoms with Crippen molar-refractivity contribution < 1.29 is 5.11 Å². The first-order chi connectivity index (χ1) is 9.84. The molecule has 0 bridgehead atoms. The first-order valence-corrected chi connectivity index (χ1v) is 7.17. The molecule has 20 heavy (non-hydrogen) atoms. The lowest BCUT2D eigenvalue weighted by Crippen LogP contribution is -2.18. The van der Waals surface area contributed by atoms with Crippen LogP contribution in [0.25, 0.3) is 0 Å². The highest BCUT2D eigenvalue weighted by Crippen LogP contribution is 2.26. The van der Waals surface area contributed by atoms with Crippen LogP contribution in [0, 0.1) is 0 Å². The Kier molecular flexibility index (Phi) is 3.88. The predicted molar refractivity (Wildman–Crippen MR) is 81.9 cm³/mol. The van der Waals surface area contributed by atoms with E-state index < -0.39 is 0 Å². The Balaban J connectivity index is 1.66. The molecule has 2 aromatic rings. The van der Waals surface area contributed by atoms with Crippen LogP contribution < -0.4 is 10.6 Å². The van der Waals surface area contributed by atoms with E-state index in [1.165, 1.54) is 23.2 Å². The second kappa shape index (κ2) is 5.97. The summed E-state index contributed by atoms with van der Waals surface area (Å²) in [4.78, 5) is 0. The van der Waals surface area contributed by atoms with Crippen molar-refractivity contribution in [1.82, 2.24) is 5.32 Å². The van der Waals surface area contributed by atoms with Crippen molar-refractivity contribution in [1.29, 1.82) is 0 Å². The van der Waals surface area contributed by atoms with Crippen LogP contribution in [-0.2, 0) is 19.5 Å². The molecule has 1 heterocycles. The minimum atomic E-state index is 0.355. The lowest BCUT2D eigenvalue weighted by Gasteiger charge is -2.21. The van der Waals surface area contributed by atoms with E-state index in [1.807, 2.05) is 18.2 Å². The quantitative estimate of drug-likeness (QED) is 0.798. The largest absolute Gasteiger partial charge is 0.508 e. The van der Waals surface area contributed by atoms with Crippen LogP contribution in [0.4, 0.5) is 5.69 Å². The Labute approximate surface area is 119 Å². The molecular weight excluding hydrogens is 248 g/mol. The number of aromatic hydroxyl groups is 1. The fourth-order valence-corrected chi connectivity index (χ4v) is 2.72. The topological polar surface area (TPSA) is 44.3 Å². The van der Waals surface area contributed by atoms with Gasteiger partial charge in [0.05, 0.1) is 0 Å². The van der Waals surface area contributed by atoms with Crippen LogP contribution in [0.15, 0.2) is 42.5 Å². The third kappa shape index (κ3) is 2.78. The lowest BCUT2D eigenvalue weighted by molar-refractivity contribution is 0.464. The molecular formula is C17H20N2O. The van der Waals surface area contributed by atoms with Gasteiger partial charge in [0.15, 0.2) is 0 Å². The fraction of sp³-hybridized carbons (Fsp3) is 0.294. The third-order valence-corrected chi connectivity index (χ3v) is 3.78. The number of aryl methyl sites for hydroxylation is 1. The highest BCUT2D eigenvalue weighted by Gasteiger charge is 2.11. The number of para-hydroxylation sites is 2. The van der Waals surface area contributed by atoms with Crippen molar-refractivity contribution in [2.24, 2.45) is 0 Å². The maximum Gasteiger partial charge on any atom is 0.120 e. The van der Waals surface area contributed by atoms with Gasteiger partial charge in [-0.3, -0.25) is 0 Å². The van der Waals surface area contributed by atoms with Crippen LogP contribution in [-0.4, -0.2) is 11.7 Å². The summed E-state index contributed by atoms with van der Waals surface area (Å²) < 4.78 is 0. The van der Waals surface area contributed by atoms with Crippen molar-refractivity contribution in [3.8, 4) is 5.75 Å². The van der Waals surface area contributed by atoms with Crippen LogP contribution in [0.2, 0.25) is 0 Å². The Morgan fingerprint density at radius 1 is 1.00 bits per heavy atom. The highest BCUT2D eigenvalue weighted by atomic mass is 16.3. The number of nitrogens with one attached hydrogen (secondary N) is 2. The number of rotatable bonds is 4. The molecule has 1 aliphatic heterocycles. The maximum atomic E-state index is 9.75. The summed E-state index contributed by atoms with van der Waals surface area (Å²) >= 11 is 0. The molecule has 2 aromatic carbocycles. The highest BCUT2D eigenvalue weighted by molar-refractivity contribution is 5.59. The average molecular weight is 268 g/mol. The normalized spacial score (nSPS) is 13.6. The third-order valence-electron chi connectivity index (χ3n) is 3.78. The van der Waals surface area contributed by atoms with Crippen LogP contribution in [0.1, 0.15) is 23.1 Å². The van der Waals surface area contributed by atoms with Crippen molar-refractivity contribution in [2.75, 3.05) is 11.9 Å². The molecule has 0 aromatic heterocycles. The van der Waals surface area contributed by atoms with Gasteiger partial charge in [0.1, 0.15) is 5.75 Å². The molecule has 104 valence electrons. The van der Waals surface area contributed by atoms with E-state index in [0.717, 1.165) is 25.1 Å². The van der Waals surface area contributed by atoms with E-state index in [0.29, 0.717) is 12.3 Å². The molecule has 1 aliphatic rings. The summed E-state index contributed by atoms with van der Waals surface area (Å²) in [6, 6.07) is 14.0.